The second kappa shape index (κ2) is 11.8. The molecule has 1 heterocycles. The van der Waals surface area contributed by atoms with E-state index in [9.17, 15) is 0 Å². The van der Waals surface area contributed by atoms with Crippen LogP contribution in [0.15, 0.2) is 23.2 Å². The van der Waals surface area contributed by atoms with Gasteiger partial charge in [-0.1, -0.05) is 12.1 Å². The molecule has 6 nitrogen and oxygen atoms in total. The summed E-state index contributed by atoms with van der Waals surface area (Å²) in [6, 6.07) is 6.29. The zero-order valence-corrected chi connectivity index (χ0v) is 17.4. The number of hydrogen-bond donors (Lipinski definition) is 2. The van der Waals surface area contributed by atoms with Crippen molar-refractivity contribution >= 4 is 5.96 Å². The fourth-order valence-corrected chi connectivity index (χ4v) is 3.32. The molecule has 0 aromatic heterocycles. The lowest BCUT2D eigenvalue weighted by molar-refractivity contribution is 0.145. The number of guanidine groups is 1. The minimum absolute atomic E-state index is 0.552. The molecule has 27 heavy (non-hydrogen) atoms. The number of methoxy groups -OCH3 is 1. The van der Waals surface area contributed by atoms with Crippen LogP contribution in [-0.2, 0) is 11.3 Å². The first kappa shape index (κ1) is 21.5. The van der Waals surface area contributed by atoms with Crippen molar-refractivity contribution in [1.82, 2.24) is 15.5 Å². The number of rotatable bonds is 9. The molecule has 1 aliphatic heterocycles. The lowest BCUT2D eigenvalue weighted by Gasteiger charge is -2.29. The Kier molecular flexibility index (Phi) is 9.42. The number of likely N-dealkylation sites (tertiary alicyclic amines) is 1. The van der Waals surface area contributed by atoms with Crippen LogP contribution >= 0.6 is 0 Å². The number of benzene rings is 1. The molecule has 1 fully saturated rings. The normalized spacial score (nSPS) is 16.4. The highest BCUT2D eigenvalue weighted by Crippen LogP contribution is 2.20. The molecule has 1 aromatic carbocycles. The summed E-state index contributed by atoms with van der Waals surface area (Å²) in [5.74, 6) is 2.57. The van der Waals surface area contributed by atoms with Gasteiger partial charge in [0.15, 0.2) is 5.96 Å². The van der Waals surface area contributed by atoms with E-state index in [1.807, 2.05) is 7.05 Å². The molecule has 2 rings (SSSR count). The van der Waals surface area contributed by atoms with E-state index < -0.39 is 0 Å². The number of aryl methyl sites for hydroxylation is 1. The van der Waals surface area contributed by atoms with Crippen molar-refractivity contribution in [1.29, 1.82) is 0 Å². The van der Waals surface area contributed by atoms with Gasteiger partial charge in [0.05, 0.1) is 6.61 Å². The maximum atomic E-state index is 5.86. The maximum absolute atomic E-state index is 5.86. The van der Waals surface area contributed by atoms with Crippen LogP contribution in [0.3, 0.4) is 0 Å². The van der Waals surface area contributed by atoms with Crippen molar-refractivity contribution < 1.29 is 9.47 Å². The molecule has 0 saturated carbocycles. The Balaban J connectivity index is 1.78. The lowest BCUT2D eigenvalue weighted by atomic mass is 9.94. The maximum Gasteiger partial charge on any atom is 0.191 e. The molecule has 2 N–H and O–H groups in total. The van der Waals surface area contributed by atoms with Crippen LogP contribution < -0.4 is 15.4 Å². The third-order valence-corrected chi connectivity index (χ3v) is 5.12. The average Bonchev–Trinajstić information content (AvgIpc) is 2.67. The number of nitrogens with one attached hydrogen (secondary N) is 2. The first-order chi connectivity index (χ1) is 13.1. The van der Waals surface area contributed by atoms with E-state index in [0.717, 1.165) is 29.7 Å². The van der Waals surface area contributed by atoms with Crippen molar-refractivity contribution in [2.45, 2.75) is 32.7 Å². The summed E-state index contributed by atoms with van der Waals surface area (Å²) < 4.78 is 10.9. The topological polar surface area (TPSA) is 58.1 Å². The molecule has 6 heteroatoms. The first-order valence-electron chi connectivity index (χ1n) is 9.96. The van der Waals surface area contributed by atoms with Gasteiger partial charge < -0.3 is 25.0 Å². The van der Waals surface area contributed by atoms with E-state index in [1.165, 1.54) is 37.9 Å². The van der Waals surface area contributed by atoms with Crippen molar-refractivity contribution in [3.8, 4) is 5.75 Å². The van der Waals surface area contributed by atoms with E-state index in [2.05, 4.69) is 52.7 Å². The Labute approximate surface area is 164 Å². The summed E-state index contributed by atoms with van der Waals surface area (Å²) in [4.78, 5) is 6.76. The monoisotopic (exact) mass is 376 g/mol. The van der Waals surface area contributed by atoms with Crippen molar-refractivity contribution in [2.24, 2.45) is 10.9 Å². The highest BCUT2D eigenvalue weighted by atomic mass is 16.5. The molecule has 1 aliphatic rings. The molecule has 0 amide bonds. The predicted molar refractivity (Wildman–Crippen MR) is 112 cm³/mol. The number of hydrogen-bond acceptors (Lipinski definition) is 4. The summed E-state index contributed by atoms with van der Waals surface area (Å²) in [6.07, 6.45) is 3.80. The van der Waals surface area contributed by atoms with E-state index >= 15 is 0 Å². The Morgan fingerprint density at radius 1 is 1.22 bits per heavy atom. The summed E-state index contributed by atoms with van der Waals surface area (Å²) in [5.41, 5.74) is 2.31. The largest absolute Gasteiger partial charge is 0.491 e. The van der Waals surface area contributed by atoms with Crippen LogP contribution in [0.4, 0.5) is 0 Å². The van der Waals surface area contributed by atoms with Crippen LogP contribution in [0, 0.1) is 12.8 Å². The highest BCUT2D eigenvalue weighted by Gasteiger charge is 2.16. The van der Waals surface area contributed by atoms with Gasteiger partial charge in [-0.25, -0.2) is 0 Å². The zero-order valence-electron chi connectivity index (χ0n) is 17.4. The number of aliphatic imine (C=N–C) groups is 1. The van der Waals surface area contributed by atoms with Gasteiger partial charge in [0.2, 0.25) is 0 Å². The number of nitrogens with zero attached hydrogens (tertiary/aromatic N) is 2. The van der Waals surface area contributed by atoms with Crippen LogP contribution in [0.2, 0.25) is 0 Å². The van der Waals surface area contributed by atoms with Crippen molar-refractivity contribution in [3.05, 3.63) is 29.3 Å². The lowest BCUT2D eigenvalue weighted by Crippen LogP contribution is -2.38. The van der Waals surface area contributed by atoms with Crippen molar-refractivity contribution in [3.63, 3.8) is 0 Å². The summed E-state index contributed by atoms with van der Waals surface area (Å²) in [6.45, 7) is 7.28. The van der Waals surface area contributed by atoms with Gasteiger partial charge in [0.1, 0.15) is 12.4 Å². The van der Waals surface area contributed by atoms with Gasteiger partial charge in [-0.3, -0.25) is 4.99 Å². The molecule has 0 aliphatic carbocycles. The zero-order chi connectivity index (χ0) is 19.5. The number of piperidine rings is 1. The van der Waals surface area contributed by atoms with Crippen LogP contribution in [0.5, 0.6) is 5.75 Å². The summed E-state index contributed by atoms with van der Waals surface area (Å²) in [7, 11) is 5.71. The van der Waals surface area contributed by atoms with Crippen molar-refractivity contribution in [2.75, 3.05) is 54.1 Å². The Bertz CT molecular complexity index is 584. The smallest absolute Gasteiger partial charge is 0.191 e. The third kappa shape index (κ3) is 7.77. The Morgan fingerprint density at radius 3 is 2.70 bits per heavy atom. The molecule has 0 spiro atoms. The van der Waals surface area contributed by atoms with Gasteiger partial charge in [-0.05, 0) is 63.9 Å². The minimum Gasteiger partial charge on any atom is -0.491 e. The third-order valence-electron chi connectivity index (χ3n) is 5.12. The molecule has 1 saturated heterocycles. The molecule has 0 atom stereocenters. The van der Waals surface area contributed by atoms with Gasteiger partial charge >= 0.3 is 0 Å². The fraction of sp³-hybridized carbons (Fsp3) is 0.667. The Hall–Kier alpha value is -1.79. The minimum atomic E-state index is 0.552. The predicted octanol–water partition coefficient (Wildman–Crippen LogP) is 2.42. The molecule has 1 aromatic rings. The van der Waals surface area contributed by atoms with Crippen LogP contribution in [0.1, 0.15) is 30.4 Å². The van der Waals surface area contributed by atoms with Gasteiger partial charge in [0.25, 0.3) is 0 Å². The molecule has 0 radical (unpaired) electrons. The standard InChI is InChI=1S/C21H36N4O2/c1-17-5-6-19(20(15-17)27-14-13-26-4)16-24-21(22-2)23-10-7-18-8-11-25(3)12-9-18/h5-6,15,18H,7-14,16H2,1-4H3,(H2,22,23,24). The quantitative estimate of drug-likeness (QED) is 0.394. The fourth-order valence-electron chi connectivity index (χ4n) is 3.32. The summed E-state index contributed by atoms with van der Waals surface area (Å²) in [5, 5.41) is 6.85. The van der Waals surface area contributed by atoms with Gasteiger partial charge in [-0.15, -0.1) is 0 Å². The molecular weight excluding hydrogens is 340 g/mol. The summed E-state index contributed by atoms with van der Waals surface area (Å²) >= 11 is 0. The van der Waals surface area contributed by atoms with E-state index in [1.54, 1.807) is 7.11 Å². The average molecular weight is 377 g/mol. The molecule has 0 unspecified atom stereocenters. The van der Waals surface area contributed by atoms with Crippen LogP contribution in [-0.4, -0.2) is 64.9 Å². The van der Waals surface area contributed by atoms with E-state index in [4.69, 9.17) is 9.47 Å². The van der Waals surface area contributed by atoms with E-state index in [0.29, 0.717) is 19.8 Å². The second-order valence-corrected chi connectivity index (χ2v) is 7.34. The highest BCUT2D eigenvalue weighted by molar-refractivity contribution is 5.79. The van der Waals surface area contributed by atoms with Gasteiger partial charge in [0, 0.05) is 32.8 Å². The first-order valence-corrected chi connectivity index (χ1v) is 9.96. The molecular formula is C21H36N4O2. The SMILES string of the molecule is CN=C(NCCC1CCN(C)CC1)NCc1ccc(C)cc1OCCOC. The Morgan fingerprint density at radius 2 is 2.00 bits per heavy atom. The molecule has 0 bridgehead atoms. The second-order valence-electron chi connectivity index (χ2n) is 7.34. The van der Waals surface area contributed by atoms with Gasteiger partial charge in [-0.2, -0.15) is 0 Å². The molecule has 152 valence electrons. The van der Waals surface area contributed by atoms with E-state index in [-0.39, 0.29) is 0 Å². The number of ether oxygens (including phenoxy) is 2. The van der Waals surface area contributed by atoms with Crippen LogP contribution in [0.25, 0.3) is 0 Å².